The second kappa shape index (κ2) is 10.7. The van der Waals surface area contributed by atoms with Gasteiger partial charge in [-0.05, 0) is 19.1 Å². The average molecular weight is 596 g/mol. The molecule has 3 aromatic rings. The molecule has 0 N–H and O–H groups in total. The van der Waals surface area contributed by atoms with Crippen LogP contribution in [0, 0.1) is 44.6 Å². The maximum atomic E-state index is 14.9. The van der Waals surface area contributed by atoms with Gasteiger partial charge in [-0.2, -0.15) is 13.2 Å². The molecule has 208 valence electrons. The zero-order chi connectivity index (χ0) is 29.4. The van der Waals surface area contributed by atoms with Gasteiger partial charge in [-0.3, -0.25) is 24.5 Å². The molecule has 0 bridgehead atoms. The summed E-state index contributed by atoms with van der Waals surface area (Å²) in [5.41, 5.74) is -7.66. The van der Waals surface area contributed by atoms with Crippen LogP contribution >= 0.6 is 12.1 Å². The Morgan fingerprint density at radius 1 is 0.872 bits per heavy atom. The number of sulfonamides is 1. The van der Waals surface area contributed by atoms with Gasteiger partial charge in [0.05, 0.1) is 38.5 Å². The van der Waals surface area contributed by atoms with Gasteiger partial charge in [-0.1, -0.05) is 17.7 Å². The van der Waals surface area contributed by atoms with Crippen molar-refractivity contribution in [2.24, 2.45) is 0 Å². The fourth-order valence-corrected chi connectivity index (χ4v) is 5.56. The lowest BCUT2D eigenvalue weighted by atomic mass is 10.1. The second-order valence-corrected chi connectivity index (χ2v) is 11.0. The zero-order valence-corrected chi connectivity index (χ0v) is 21.1. The molecule has 0 aromatic heterocycles. The largest absolute Gasteiger partial charge is 0.418 e. The predicted molar refractivity (Wildman–Crippen MR) is 127 cm³/mol. The Labute approximate surface area is 220 Å². The van der Waals surface area contributed by atoms with Gasteiger partial charge in [0.25, 0.3) is 15.7 Å². The van der Waals surface area contributed by atoms with Crippen LogP contribution in [0.2, 0.25) is 0 Å². The Hall–Kier alpha value is -3.90. The van der Waals surface area contributed by atoms with Gasteiger partial charge < -0.3 is 0 Å². The average Bonchev–Trinajstić information content (AvgIpc) is 2.81. The molecule has 10 nitrogen and oxygen atoms in total. The van der Waals surface area contributed by atoms with Crippen LogP contribution in [0.5, 0.6) is 0 Å². The van der Waals surface area contributed by atoms with Crippen molar-refractivity contribution in [3.63, 3.8) is 0 Å². The molecule has 0 saturated carbocycles. The lowest BCUT2D eigenvalue weighted by molar-refractivity contribution is -0.394. The van der Waals surface area contributed by atoms with Crippen molar-refractivity contribution in [2.75, 3.05) is 11.4 Å². The van der Waals surface area contributed by atoms with E-state index in [1.807, 2.05) is 0 Å². The number of hydrogen-bond acceptors (Lipinski definition) is 8. The minimum atomic E-state index is -5.59. The number of benzene rings is 3. The molecule has 18 heteroatoms. The summed E-state index contributed by atoms with van der Waals surface area (Å²) in [5.74, 6) is -5.22. The standard InChI is InChI=1S/C21H14F6N4O6S2/c1-11-3-5-14(6-4-11)39(36,37)28(2)38-29(20-16(23)7-12(22)8-17(20)24)19-15(21(25,26)27)9-13(30(32)33)10-18(19)31(34)35/h3-10H,1-2H3. The number of aryl methyl sites for hydroxylation is 1. The molecule has 0 saturated heterocycles. The first-order valence-electron chi connectivity index (χ1n) is 10.2. The number of alkyl halides is 3. The van der Waals surface area contributed by atoms with E-state index in [0.29, 0.717) is 5.56 Å². The molecule has 0 spiro atoms. The molecule has 0 aliphatic carbocycles. The van der Waals surface area contributed by atoms with E-state index < -0.39 is 76.7 Å². The maximum Gasteiger partial charge on any atom is 0.418 e. The van der Waals surface area contributed by atoms with Crippen molar-refractivity contribution >= 4 is 44.9 Å². The van der Waals surface area contributed by atoms with Crippen LogP contribution in [-0.4, -0.2) is 29.0 Å². The fourth-order valence-electron chi connectivity index (χ4n) is 3.22. The number of nitro groups is 2. The highest BCUT2D eigenvalue weighted by Crippen LogP contribution is 2.50. The summed E-state index contributed by atoms with van der Waals surface area (Å²) in [6, 6.07) is 5.09. The van der Waals surface area contributed by atoms with Crippen LogP contribution in [0.15, 0.2) is 53.4 Å². The van der Waals surface area contributed by atoms with Crippen molar-refractivity contribution in [1.29, 1.82) is 0 Å². The molecule has 0 unspecified atom stereocenters. The second-order valence-electron chi connectivity index (χ2n) is 7.69. The molecule has 39 heavy (non-hydrogen) atoms. The van der Waals surface area contributed by atoms with E-state index in [2.05, 4.69) is 0 Å². The van der Waals surface area contributed by atoms with Crippen molar-refractivity contribution < 1.29 is 44.6 Å². The van der Waals surface area contributed by atoms with Crippen molar-refractivity contribution in [1.82, 2.24) is 3.71 Å². The van der Waals surface area contributed by atoms with Gasteiger partial charge in [0.2, 0.25) is 0 Å². The minimum absolute atomic E-state index is 0.0466. The SMILES string of the molecule is Cc1ccc(S(=O)(=O)N(C)SN(c2c(F)cc(F)cc2F)c2c([N+](=O)[O-])cc([N+](=O)[O-])cc2C(F)(F)F)cc1. The summed E-state index contributed by atoms with van der Waals surface area (Å²) in [6.07, 6.45) is -5.59. The molecule has 0 aliphatic heterocycles. The number of anilines is 2. The minimum Gasteiger partial charge on any atom is -0.258 e. The Balaban J connectivity index is 2.38. The summed E-state index contributed by atoms with van der Waals surface area (Å²) in [5, 5.41) is 23.0. The Morgan fingerprint density at radius 3 is 1.87 bits per heavy atom. The Kier molecular flexibility index (Phi) is 8.13. The smallest absolute Gasteiger partial charge is 0.258 e. The number of hydrogen-bond donors (Lipinski definition) is 0. The third-order valence-electron chi connectivity index (χ3n) is 5.03. The van der Waals surface area contributed by atoms with Crippen LogP contribution in [0.25, 0.3) is 0 Å². The molecular formula is C21H14F6N4O6S2. The zero-order valence-electron chi connectivity index (χ0n) is 19.4. The first kappa shape index (κ1) is 29.7. The predicted octanol–water partition coefficient (Wildman–Crippen LogP) is 6.27. The van der Waals surface area contributed by atoms with E-state index in [0.717, 1.165) is 19.2 Å². The van der Waals surface area contributed by atoms with Gasteiger partial charge in [-0.15, -0.1) is 3.71 Å². The maximum absolute atomic E-state index is 14.9. The highest BCUT2D eigenvalue weighted by Gasteiger charge is 2.44. The van der Waals surface area contributed by atoms with Gasteiger partial charge in [0, 0.05) is 25.2 Å². The Bertz CT molecular complexity index is 1550. The third-order valence-corrected chi connectivity index (χ3v) is 8.12. The molecule has 0 atom stereocenters. The van der Waals surface area contributed by atoms with Crippen molar-refractivity contribution in [3.05, 3.63) is 97.3 Å². The topological polar surface area (TPSA) is 127 Å². The van der Waals surface area contributed by atoms with Crippen LogP contribution in [-0.2, 0) is 16.2 Å². The van der Waals surface area contributed by atoms with Crippen LogP contribution < -0.4 is 4.31 Å². The fraction of sp³-hybridized carbons (Fsp3) is 0.143. The number of rotatable bonds is 8. The van der Waals surface area contributed by atoms with Gasteiger partial charge in [0.15, 0.2) is 11.6 Å². The molecule has 0 radical (unpaired) electrons. The van der Waals surface area contributed by atoms with E-state index in [9.17, 15) is 55.0 Å². The molecule has 0 fully saturated rings. The molecule has 3 aromatic carbocycles. The molecule has 3 rings (SSSR count). The van der Waals surface area contributed by atoms with Gasteiger partial charge >= 0.3 is 11.9 Å². The van der Waals surface area contributed by atoms with Crippen molar-refractivity contribution in [3.8, 4) is 0 Å². The summed E-state index contributed by atoms with van der Waals surface area (Å²) < 4.78 is 112. The molecular weight excluding hydrogens is 582 g/mol. The number of halogens is 6. The molecule has 0 amide bonds. The quantitative estimate of drug-likeness (QED) is 0.129. The number of nitro benzene ring substituents is 2. The number of nitrogens with zero attached hydrogens (tertiary/aromatic N) is 4. The van der Waals surface area contributed by atoms with E-state index in [1.54, 1.807) is 6.92 Å². The lowest BCUT2D eigenvalue weighted by Crippen LogP contribution is -2.28. The summed E-state index contributed by atoms with van der Waals surface area (Å²) in [6.45, 7) is 1.63. The first-order valence-corrected chi connectivity index (χ1v) is 12.3. The van der Waals surface area contributed by atoms with E-state index in [-0.39, 0.29) is 44.4 Å². The first-order chi connectivity index (χ1) is 17.9. The third kappa shape index (κ3) is 6.07. The highest BCUT2D eigenvalue weighted by molar-refractivity contribution is 8.09. The highest BCUT2D eigenvalue weighted by atomic mass is 32.3. The lowest BCUT2D eigenvalue weighted by Gasteiger charge is -2.29. The van der Waals surface area contributed by atoms with Crippen LogP contribution in [0.4, 0.5) is 49.1 Å². The van der Waals surface area contributed by atoms with Crippen LogP contribution in [0.1, 0.15) is 11.1 Å². The molecule has 0 heterocycles. The Morgan fingerprint density at radius 2 is 1.41 bits per heavy atom. The summed E-state index contributed by atoms with van der Waals surface area (Å²) in [4.78, 5) is 19.7. The van der Waals surface area contributed by atoms with E-state index >= 15 is 0 Å². The van der Waals surface area contributed by atoms with Crippen molar-refractivity contribution in [2.45, 2.75) is 18.0 Å². The van der Waals surface area contributed by atoms with Gasteiger partial charge in [-0.25, -0.2) is 21.6 Å². The van der Waals surface area contributed by atoms with Crippen LogP contribution in [0.3, 0.4) is 0 Å². The van der Waals surface area contributed by atoms with Gasteiger partial charge in [0.1, 0.15) is 17.2 Å². The summed E-state index contributed by atoms with van der Waals surface area (Å²) >= 11 is -0.331. The van der Waals surface area contributed by atoms with E-state index in [4.69, 9.17) is 0 Å². The van der Waals surface area contributed by atoms with E-state index in [1.165, 1.54) is 12.1 Å². The molecule has 0 aliphatic rings. The normalized spacial score (nSPS) is 12.0. The summed E-state index contributed by atoms with van der Waals surface area (Å²) in [7, 11) is -3.85. The number of non-ortho nitro benzene ring substituents is 1. The monoisotopic (exact) mass is 596 g/mol.